The minimum atomic E-state index is -4.37. The number of hydrogen-bond donors (Lipinski definition) is 3. The fourth-order valence-corrected chi connectivity index (χ4v) is 2.91. The van der Waals surface area contributed by atoms with Crippen LogP contribution in [0.15, 0.2) is 23.3 Å². The third kappa shape index (κ3) is 9.35. The molecular formula is C19H30F3IN6O. The number of carbonyl (C=O) groups excluding carboxylic acids is 1. The molecule has 3 N–H and O–H groups in total. The Bertz CT molecular complexity index is 669. The number of guanidine groups is 1. The molecule has 1 aromatic rings. The van der Waals surface area contributed by atoms with Crippen molar-refractivity contribution in [2.45, 2.75) is 38.8 Å². The van der Waals surface area contributed by atoms with E-state index in [1.165, 1.54) is 6.07 Å². The van der Waals surface area contributed by atoms with Crippen LogP contribution in [0.4, 0.5) is 19.0 Å². The summed E-state index contributed by atoms with van der Waals surface area (Å²) in [5.41, 5.74) is -0.759. The lowest BCUT2D eigenvalue weighted by Crippen LogP contribution is -2.38. The molecule has 1 amide bonds. The fraction of sp³-hybridized carbons (Fsp3) is 0.632. The molecule has 0 bridgehead atoms. The molecule has 170 valence electrons. The number of aliphatic imine (C=N–C) groups is 1. The number of pyridine rings is 1. The summed E-state index contributed by atoms with van der Waals surface area (Å²) in [6, 6.07) is 2.34. The van der Waals surface area contributed by atoms with Gasteiger partial charge in [0.25, 0.3) is 0 Å². The van der Waals surface area contributed by atoms with E-state index >= 15 is 0 Å². The van der Waals surface area contributed by atoms with Crippen LogP contribution in [-0.4, -0.2) is 61.0 Å². The topological polar surface area (TPSA) is 81.7 Å². The van der Waals surface area contributed by atoms with Crippen LogP contribution in [0, 0.1) is 0 Å². The van der Waals surface area contributed by atoms with Gasteiger partial charge in [-0.15, -0.1) is 24.0 Å². The summed E-state index contributed by atoms with van der Waals surface area (Å²) in [5, 5.41) is 9.39. The third-order valence-electron chi connectivity index (χ3n) is 4.41. The predicted molar refractivity (Wildman–Crippen MR) is 122 cm³/mol. The molecule has 7 nitrogen and oxygen atoms in total. The van der Waals surface area contributed by atoms with Gasteiger partial charge in [0.05, 0.1) is 5.56 Å². The summed E-state index contributed by atoms with van der Waals surface area (Å²) >= 11 is 0. The molecule has 0 unspecified atom stereocenters. The molecule has 2 rings (SSSR count). The molecule has 2 heterocycles. The maximum absolute atomic E-state index is 12.5. The average Bonchev–Trinajstić information content (AvgIpc) is 3.09. The lowest BCUT2D eigenvalue weighted by Gasteiger charge is -2.15. The highest BCUT2D eigenvalue weighted by molar-refractivity contribution is 14.0. The van der Waals surface area contributed by atoms with Crippen LogP contribution < -0.4 is 16.0 Å². The zero-order valence-electron chi connectivity index (χ0n) is 17.1. The van der Waals surface area contributed by atoms with Crippen LogP contribution in [-0.2, 0) is 11.0 Å². The largest absolute Gasteiger partial charge is 0.417 e. The lowest BCUT2D eigenvalue weighted by atomic mass is 10.3. The lowest BCUT2D eigenvalue weighted by molar-refractivity contribution is -0.137. The van der Waals surface area contributed by atoms with E-state index in [4.69, 9.17) is 0 Å². The highest BCUT2D eigenvalue weighted by atomic mass is 127. The van der Waals surface area contributed by atoms with Gasteiger partial charge in [-0.1, -0.05) is 0 Å². The number of hydrogen-bond acceptors (Lipinski definition) is 4. The van der Waals surface area contributed by atoms with E-state index in [0.717, 1.165) is 51.2 Å². The Morgan fingerprint density at radius 3 is 2.63 bits per heavy atom. The molecule has 0 saturated carbocycles. The van der Waals surface area contributed by atoms with Gasteiger partial charge in [0.15, 0.2) is 5.96 Å². The van der Waals surface area contributed by atoms with E-state index in [2.05, 4.69) is 25.9 Å². The molecule has 11 heteroatoms. The molecule has 0 radical (unpaired) electrons. The molecule has 1 aliphatic rings. The number of nitrogens with zero attached hydrogens (tertiary/aromatic N) is 3. The second-order valence-corrected chi connectivity index (χ2v) is 6.74. The number of rotatable bonds is 10. The van der Waals surface area contributed by atoms with Gasteiger partial charge in [0, 0.05) is 51.9 Å². The van der Waals surface area contributed by atoms with Crippen molar-refractivity contribution in [3.8, 4) is 0 Å². The van der Waals surface area contributed by atoms with Gasteiger partial charge >= 0.3 is 6.18 Å². The Labute approximate surface area is 192 Å². The molecular weight excluding hydrogens is 512 g/mol. The number of aromatic nitrogens is 1. The zero-order valence-corrected chi connectivity index (χ0v) is 19.4. The van der Waals surface area contributed by atoms with Crippen molar-refractivity contribution < 1.29 is 18.0 Å². The second kappa shape index (κ2) is 13.5. The SMILES string of the molecule is CCNC(=NCCCN1CCCC1=O)NCCCNc1ccc(C(F)(F)F)cn1.I. The molecule has 1 aliphatic heterocycles. The monoisotopic (exact) mass is 542 g/mol. The highest BCUT2D eigenvalue weighted by Crippen LogP contribution is 2.28. The van der Waals surface area contributed by atoms with Crippen LogP contribution in [0.2, 0.25) is 0 Å². The highest BCUT2D eigenvalue weighted by Gasteiger charge is 2.30. The van der Waals surface area contributed by atoms with Crippen LogP contribution in [0.1, 0.15) is 38.2 Å². The first-order valence-corrected chi connectivity index (χ1v) is 9.97. The second-order valence-electron chi connectivity index (χ2n) is 6.74. The number of anilines is 1. The molecule has 0 atom stereocenters. The summed E-state index contributed by atoms with van der Waals surface area (Å²) in [7, 11) is 0. The van der Waals surface area contributed by atoms with Gasteiger partial charge in [0.1, 0.15) is 5.82 Å². The maximum atomic E-state index is 12.5. The van der Waals surface area contributed by atoms with E-state index in [-0.39, 0.29) is 29.9 Å². The van der Waals surface area contributed by atoms with Gasteiger partial charge in [-0.25, -0.2) is 4.98 Å². The van der Waals surface area contributed by atoms with Crippen molar-refractivity contribution >= 4 is 41.7 Å². The number of carbonyl (C=O) groups is 1. The van der Waals surface area contributed by atoms with Crippen LogP contribution in [0.25, 0.3) is 0 Å². The van der Waals surface area contributed by atoms with E-state index in [0.29, 0.717) is 37.8 Å². The van der Waals surface area contributed by atoms with Crippen LogP contribution in [0.3, 0.4) is 0 Å². The third-order valence-corrected chi connectivity index (χ3v) is 4.41. The van der Waals surface area contributed by atoms with Gasteiger partial charge in [0.2, 0.25) is 5.91 Å². The van der Waals surface area contributed by atoms with Gasteiger partial charge in [-0.2, -0.15) is 13.2 Å². The Morgan fingerprint density at radius 1 is 1.23 bits per heavy atom. The van der Waals surface area contributed by atoms with Crippen molar-refractivity contribution in [3.63, 3.8) is 0 Å². The van der Waals surface area contributed by atoms with Crippen LogP contribution >= 0.6 is 24.0 Å². The number of amides is 1. The Morgan fingerprint density at radius 2 is 2.03 bits per heavy atom. The zero-order chi connectivity index (χ0) is 21.1. The van der Waals surface area contributed by atoms with Crippen molar-refractivity contribution in [1.29, 1.82) is 0 Å². The first-order chi connectivity index (χ1) is 13.9. The van der Waals surface area contributed by atoms with Crippen LogP contribution in [0.5, 0.6) is 0 Å². The van der Waals surface area contributed by atoms with Gasteiger partial charge in [-0.3, -0.25) is 9.79 Å². The summed E-state index contributed by atoms with van der Waals surface area (Å²) in [6.07, 6.45) is -0.377. The Balaban J connectivity index is 0.00000450. The molecule has 0 aromatic carbocycles. The summed E-state index contributed by atoms with van der Waals surface area (Å²) in [4.78, 5) is 21.7. The van der Waals surface area contributed by atoms with E-state index in [1.54, 1.807) is 0 Å². The Kier molecular flexibility index (Phi) is 11.8. The molecule has 1 fully saturated rings. The molecule has 0 spiro atoms. The summed E-state index contributed by atoms with van der Waals surface area (Å²) in [6.45, 7) is 6.17. The fourth-order valence-electron chi connectivity index (χ4n) is 2.91. The average molecular weight is 542 g/mol. The van der Waals surface area contributed by atoms with E-state index in [9.17, 15) is 18.0 Å². The Hall–Kier alpha value is -1.79. The molecule has 1 saturated heterocycles. The number of likely N-dealkylation sites (tertiary alicyclic amines) is 1. The molecule has 30 heavy (non-hydrogen) atoms. The van der Waals surface area contributed by atoms with Crippen molar-refractivity contribution in [1.82, 2.24) is 20.5 Å². The standard InChI is InChI=1S/C19H29F3N6O.HI/c1-2-23-18(26-11-5-13-28-12-3-6-17(28)29)25-10-4-9-24-16-8-7-15(14-27-16)19(20,21)22;/h7-8,14H,2-6,9-13H2,1H3,(H,24,27)(H2,23,25,26);1H. The molecule has 1 aromatic heterocycles. The van der Waals surface area contributed by atoms with Crippen molar-refractivity contribution in [3.05, 3.63) is 23.9 Å². The van der Waals surface area contributed by atoms with E-state index < -0.39 is 11.7 Å². The normalized spacial score (nSPS) is 14.5. The predicted octanol–water partition coefficient (Wildman–Crippen LogP) is 3.09. The number of alkyl halides is 3. The quantitative estimate of drug-likeness (QED) is 0.183. The minimum Gasteiger partial charge on any atom is -0.370 e. The summed E-state index contributed by atoms with van der Waals surface area (Å²) < 4.78 is 37.5. The molecule has 0 aliphatic carbocycles. The summed E-state index contributed by atoms with van der Waals surface area (Å²) in [5.74, 6) is 1.36. The minimum absolute atomic E-state index is 0. The van der Waals surface area contributed by atoms with Gasteiger partial charge in [-0.05, 0) is 38.3 Å². The van der Waals surface area contributed by atoms with Crippen molar-refractivity contribution in [2.75, 3.05) is 44.6 Å². The first-order valence-electron chi connectivity index (χ1n) is 9.97. The number of halogens is 4. The van der Waals surface area contributed by atoms with Gasteiger partial charge < -0.3 is 20.9 Å². The number of nitrogens with one attached hydrogen (secondary N) is 3. The van der Waals surface area contributed by atoms with E-state index in [1.807, 2.05) is 11.8 Å². The first kappa shape index (κ1) is 26.2. The van der Waals surface area contributed by atoms with Crippen molar-refractivity contribution in [2.24, 2.45) is 4.99 Å². The smallest absolute Gasteiger partial charge is 0.370 e. The maximum Gasteiger partial charge on any atom is 0.417 e.